The number of nitrogens with one attached hydrogen (secondary N) is 1. The van der Waals surface area contributed by atoms with Crippen LogP contribution in [0.15, 0.2) is 48.5 Å². The average molecular weight is 292 g/mol. The lowest BCUT2D eigenvalue weighted by Crippen LogP contribution is -2.06. The van der Waals surface area contributed by atoms with Gasteiger partial charge in [-0.15, -0.1) is 0 Å². The predicted molar refractivity (Wildman–Crippen MR) is 87.0 cm³/mol. The number of aromatic hydroxyl groups is 1. The lowest BCUT2D eigenvalue weighted by atomic mass is 10.0. The van der Waals surface area contributed by atoms with Crippen LogP contribution in [-0.2, 0) is 0 Å². The number of benzene rings is 2. The summed E-state index contributed by atoms with van der Waals surface area (Å²) in [7, 11) is 0. The van der Waals surface area contributed by atoms with Crippen LogP contribution in [0, 0.1) is 12.3 Å². The van der Waals surface area contributed by atoms with Crippen LogP contribution in [-0.4, -0.2) is 21.3 Å². The van der Waals surface area contributed by atoms with Gasteiger partial charge in [0.05, 0.1) is 16.8 Å². The van der Waals surface area contributed by atoms with Gasteiger partial charge in [-0.05, 0) is 18.6 Å². The number of rotatable bonds is 2. The van der Waals surface area contributed by atoms with Crippen molar-refractivity contribution in [2.75, 3.05) is 0 Å². The molecule has 0 radical (unpaired) electrons. The Bertz CT molecular complexity index is 892. The zero-order valence-electron chi connectivity index (χ0n) is 12.4. The Balaban J connectivity index is 2.33. The predicted octanol–water partition coefficient (Wildman–Crippen LogP) is 3.73. The molecule has 0 aliphatic rings. The first-order valence-electron chi connectivity index (χ1n) is 7.00. The molecule has 0 aliphatic carbocycles. The van der Waals surface area contributed by atoms with Crippen LogP contribution in [0.2, 0.25) is 0 Å². The normalized spacial score (nSPS) is 10.8. The Hall–Kier alpha value is -2.88. The van der Waals surface area contributed by atoms with Gasteiger partial charge in [0.2, 0.25) is 11.8 Å². The largest absolute Gasteiger partial charge is 0.494 e. The molecule has 0 saturated carbocycles. The highest BCUT2D eigenvalue weighted by molar-refractivity contribution is 6.21. The molecule has 0 spiro atoms. The van der Waals surface area contributed by atoms with E-state index >= 15 is 0 Å². The van der Waals surface area contributed by atoms with Crippen molar-refractivity contribution in [3.63, 3.8) is 0 Å². The third-order valence-electron chi connectivity index (χ3n) is 3.73. The molecule has 0 bridgehead atoms. The average Bonchev–Trinajstić information content (AvgIpc) is 2.78. The van der Waals surface area contributed by atoms with E-state index < -0.39 is 0 Å². The molecule has 0 aliphatic heterocycles. The molecule has 0 saturated heterocycles. The van der Waals surface area contributed by atoms with Crippen molar-refractivity contribution in [3.8, 4) is 5.88 Å². The molecule has 1 aromatic heterocycles. The second-order valence-corrected chi connectivity index (χ2v) is 5.31. The van der Waals surface area contributed by atoms with Crippen LogP contribution in [0.1, 0.15) is 28.4 Å². The summed E-state index contributed by atoms with van der Waals surface area (Å²) in [4.78, 5) is 11.9. The van der Waals surface area contributed by atoms with Gasteiger partial charge in [0.1, 0.15) is 0 Å². The molecule has 0 unspecified atom stereocenters. The quantitative estimate of drug-likeness (QED) is 0.707. The Morgan fingerprint density at radius 1 is 1.14 bits per heavy atom. The molecule has 1 heterocycles. The van der Waals surface area contributed by atoms with Gasteiger partial charge in [0, 0.05) is 17.9 Å². The SMILES string of the molecule is CC(=O)n1c(O)c(C(=N)c2ccccc2)c2ccc(C)cc21. The summed E-state index contributed by atoms with van der Waals surface area (Å²) in [6, 6.07) is 14.8. The van der Waals surface area contributed by atoms with Gasteiger partial charge < -0.3 is 5.11 Å². The molecule has 22 heavy (non-hydrogen) atoms. The first-order valence-corrected chi connectivity index (χ1v) is 7.00. The van der Waals surface area contributed by atoms with E-state index in [2.05, 4.69) is 0 Å². The van der Waals surface area contributed by atoms with Gasteiger partial charge in [-0.3, -0.25) is 14.8 Å². The third-order valence-corrected chi connectivity index (χ3v) is 3.73. The molecule has 0 fully saturated rings. The molecule has 4 nitrogen and oxygen atoms in total. The van der Waals surface area contributed by atoms with Crippen LogP contribution in [0.25, 0.3) is 10.9 Å². The van der Waals surface area contributed by atoms with Crippen LogP contribution >= 0.6 is 0 Å². The Labute approximate surface area is 128 Å². The van der Waals surface area contributed by atoms with E-state index in [1.54, 1.807) is 0 Å². The Morgan fingerprint density at radius 2 is 1.82 bits per heavy atom. The summed E-state index contributed by atoms with van der Waals surface area (Å²) in [5, 5.41) is 19.6. The number of fused-ring (bicyclic) bond motifs is 1. The first kappa shape index (κ1) is 14.1. The maximum Gasteiger partial charge on any atom is 0.230 e. The molecule has 0 atom stereocenters. The first-order chi connectivity index (χ1) is 10.5. The fourth-order valence-electron chi connectivity index (χ4n) is 2.70. The fraction of sp³-hybridized carbons (Fsp3) is 0.111. The summed E-state index contributed by atoms with van der Waals surface area (Å²) in [5.74, 6) is -0.456. The van der Waals surface area contributed by atoms with Crippen LogP contribution in [0.4, 0.5) is 0 Å². The van der Waals surface area contributed by atoms with E-state index in [9.17, 15) is 9.90 Å². The molecule has 2 aromatic carbocycles. The lowest BCUT2D eigenvalue weighted by Gasteiger charge is -2.04. The standard InChI is InChI=1S/C18H16N2O2/c1-11-8-9-14-15(10-11)20(12(2)21)18(22)16(14)17(19)13-6-4-3-5-7-13/h3-10,19,22H,1-2H3. The van der Waals surface area contributed by atoms with E-state index in [0.29, 0.717) is 22.0 Å². The van der Waals surface area contributed by atoms with Gasteiger partial charge >= 0.3 is 0 Å². The maximum absolute atomic E-state index is 11.9. The lowest BCUT2D eigenvalue weighted by molar-refractivity contribution is 0.0933. The Kier molecular flexibility index (Phi) is 3.29. The van der Waals surface area contributed by atoms with Crippen molar-refractivity contribution in [1.82, 2.24) is 4.57 Å². The second kappa shape index (κ2) is 5.15. The highest BCUT2D eigenvalue weighted by atomic mass is 16.3. The number of carbonyl (C=O) groups excluding carboxylic acids is 1. The third kappa shape index (κ3) is 2.09. The van der Waals surface area contributed by atoms with Crippen LogP contribution in [0.5, 0.6) is 5.88 Å². The molecule has 4 heteroatoms. The topological polar surface area (TPSA) is 66.1 Å². The van der Waals surface area contributed by atoms with Gasteiger partial charge in [0.15, 0.2) is 0 Å². The van der Waals surface area contributed by atoms with Gasteiger partial charge in [-0.2, -0.15) is 0 Å². The second-order valence-electron chi connectivity index (χ2n) is 5.31. The van der Waals surface area contributed by atoms with Crippen molar-refractivity contribution in [2.45, 2.75) is 13.8 Å². The molecule has 0 amide bonds. The number of carbonyl (C=O) groups is 1. The van der Waals surface area contributed by atoms with Gasteiger partial charge in [0.25, 0.3) is 0 Å². The van der Waals surface area contributed by atoms with Crippen molar-refractivity contribution >= 4 is 22.5 Å². The molecule has 3 aromatic rings. The molecular weight excluding hydrogens is 276 g/mol. The Morgan fingerprint density at radius 3 is 2.45 bits per heavy atom. The summed E-state index contributed by atoms with van der Waals surface area (Å²) in [6.07, 6.45) is 0. The minimum Gasteiger partial charge on any atom is -0.494 e. The summed E-state index contributed by atoms with van der Waals surface area (Å²) in [5.41, 5.74) is 2.90. The molecular formula is C18H16N2O2. The van der Waals surface area contributed by atoms with E-state index in [1.165, 1.54) is 11.5 Å². The van der Waals surface area contributed by atoms with E-state index in [-0.39, 0.29) is 17.5 Å². The minimum absolute atomic E-state index is 0.179. The smallest absolute Gasteiger partial charge is 0.230 e. The number of aromatic nitrogens is 1. The van der Waals surface area contributed by atoms with Crippen molar-refractivity contribution in [1.29, 1.82) is 5.41 Å². The van der Waals surface area contributed by atoms with Crippen LogP contribution in [0.3, 0.4) is 0 Å². The minimum atomic E-state index is -0.278. The van der Waals surface area contributed by atoms with Gasteiger partial charge in [-0.25, -0.2) is 0 Å². The van der Waals surface area contributed by atoms with Crippen molar-refractivity contribution < 1.29 is 9.90 Å². The van der Waals surface area contributed by atoms with E-state index in [4.69, 9.17) is 5.41 Å². The summed E-state index contributed by atoms with van der Waals surface area (Å²) in [6.45, 7) is 3.33. The zero-order valence-corrected chi connectivity index (χ0v) is 12.4. The molecule has 3 rings (SSSR count). The van der Waals surface area contributed by atoms with Crippen molar-refractivity contribution in [2.24, 2.45) is 0 Å². The zero-order chi connectivity index (χ0) is 15.9. The van der Waals surface area contributed by atoms with Gasteiger partial charge in [-0.1, -0.05) is 42.5 Å². The highest BCUT2D eigenvalue weighted by Crippen LogP contribution is 2.33. The number of aryl methyl sites for hydroxylation is 1. The molecule has 2 N–H and O–H groups in total. The van der Waals surface area contributed by atoms with E-state index in [1.807, 2.05) is 55.5 Å². The van der Waals surface area contributed by atoms with Crippen LogP contribution < -0.4 is 0 Å². The summed E-state index contributed by atoms with van der Waals surface area (Å²) < 4.78 is 1.26. The maximum atomic E-state index is 11.9. The summed E-state index contributed by atoms with van der Waals surface area (Å²) >= 11 is 0. The monoisotopic (exact) mass is 292 g/mol. The van der Waals surface area contributed by atoms with E-state index in [0.717, 1.165) is 5.56 Å². The number of hydrogen-bond donors (Lipinski definition) is 2. The number of nitrogens with zero attached hydrogens (tertiary/aromatic N) is 1. The highest BCUT2D eigenvalue weighted by Gasteiger charge is 2.22. The fourth-order valence-corrected chi connectivity index (χ4v) is 2.70. The number of hydrogen-bond acceptors (Lipinski definition) is 3. The molecule has 110 valence electrons. The van der Waals surface area contributed by atoms with Crippen molar-refractivity contribution in [3.05, 3.63) is 65.2 Å².